The third-order valence-corrected chi connectivity index (χ3v) is 3.41. The molecule has 0 saturated carbocycles. The summed E-state index contributed by atoms with van der Waals surface area (Å²) in [7, 11) is 2.96. The lowest BCUT2D eigenvalue weighted by Crippen LogP contribution is -2.01. The van der Waals surface area contributed by atoms with E-state index in [0.717, 1.165) is 15.9 Å². The molecular weight excluding hydrogens is 338 g/mol. The molecule has 0 aliphatic rings. The number of benzene rings is 1. The van der Waals surface area contributed by atoms with Crippen molar-refractivity contribution in [2.45, 2.75) is 13.5 Å². The van der Waals surface area contributed by atoms with Gasteiger partial charge in [0, 0.05) is 16.2 Å². The van der Waals surface area contributed by atoms with E-state index >= 15 is 0 Å². The highest BCUT2D eigenvalue weighted by Crippen LogP contribution is 2.25. The van der Waals surface area contributed by atoms with Crippen LogP contribution < -0.4 is 10.1 Å². The first-order valence-corrected chi connectivity index (χ1v) is 7.09. The fourth-order valence-corrected chi connectivity index (χ4v) is 2.39. The molecule has 1 N–H and O–H groups in total. The fourth-order valence-electron chi connectivity index (χ4n) is 1.92. The number of methoxy groups -OCH3 is 2. The molecule has 1 aromatic heterocycles. The van der Waals surface area contributed by atoms with Gasteiger partial charge in [-0.25, -0.2) is 4.79 Å². The van der Waals surface area contributed by atoms with Crippen LogP contribution in [0.3, 0.4) is 0 Å². The summed E-state index contributed by atoms with van der Waals surface area (Å²) in [6.07, 6.45) is 0. The minimum Gasteiger partial charge on any atom is -0.497 e. The van der Waals surface area contributed by atoms with Crippen LogP contribution in [-0.4, -0.2) is 20.2 Å². The molecule has 0 spiro atoms. The molecule has 5 nitrogen and oxygen atoms in total. The van der Waals surface area contributed by atoms with E-state index in [1.54, 1.807) is 20.1 Å². The Bertz CT molecular complexity index is 651. The number of rotatable bonds is 5. The first-order chi connectivity index (χ1) is 10.0. The number of hydrogen-bond acceptors (Lipinski definition) is 5. The van der Waals surface area contributed by atoms with E-state index in [2.05, 4.69) is 21.2 Å². The minimum atomic E-state index is -0.397. The number of furan rings is 1. The highest BCUT2D eigenvalue weighted by molar-refractivity contribution is 9.10. The van der Waals surface area contributed by atoms with Gasteiger partial charge in [-0.2, -0.15) is 0 Å². The Balaban J connectivity index is 2.10. The molecule has 2 rings (SSSR count). The van der Waals surface area contributed by atoms with E-state index in [1.807, 2.05) is 18.2 Å². The summed E-state index contributed by atoms with van der Waals surface area (Å²) in [5.74, 6) is 1.56. The molecule has 0 aliphatic heterocycles. The van der Waals surface area contributed by atoms with Crippen molar-refractivity contribution in [1.82, 2.24) is 0 Å². The van der Waals surface area contributed by atoms with Crippen molar-refractivity contribution in [1.29, 1.82) is 0 Å². The highest BCUT2D eigenvalue weighted by atomic mass is 79.9. The molecule has 6 heteroatoms. The quantitative estimate of drug-likeness (QED) is 0.829. The summed E-state index contributed by atoms with van der Waals surface area (Å²) < 4.78 is 16.4. The van der Waals surface area contributed by atoms with Gasteiger partial charge in [0.2, 0.25) is 0 Å². The van der Waals surface area contributed by atoms with Crippen molar-refractivity contribution in [3.05, 3.63) is 45.8 Å². The Hall–Kier alpha value is -1.95. The third kappa shape index (κ3) is 3.78. The molecule has 2 aromatic rings. The predicted molar refractivity (Wildman–Crippen MR) is 82.8 cm³/mol. The van der Waals surface area contributed by atoms with Crippen LogP contribution >= 0.6 is 15.9 Å². The van der Waals surface area contributed by atoms with Gasteiger partial charge in [-0.05, 0) is 25.1 Å². The molecule has 0 fully saturated rings. The molecule has 112 valence electrons. The monoisotopic (exact) mass is 353 g/mol. The first-order valence-electron chi connectivity index (χ1n) is 6.29. The molecule has 0 bridgehead atoms. The van der Waals surface area contributed by atoms with E-state index < -0.39 is 5.97 Å². The van der Waals surface area contributed by atoms with Gasteiger partial charge in [-0.1, -0.05) is 15.9 Å². The SMILES string of the molecule is COC(=O)c1cc(CNc2cc(Br)cc(OC)c2)oc1C. The largest absolute Gasteiger partial charge is 0.497 e. The molecule has 0 unspecified atom stereocenters. The zero-order valence-electron chi connectivity index (χ0n) is 12.0. The lowest BCUT2D eigenvalue weighted by Gasteiger charge is -2.07. The summed E-state index contributed by atoms with van der Waals surface area (Å²) >= 11 is 3.42. The average molecular weight is 354 g/mol. The lowest BCUT2D eigenvalue weighted by molar-refractivity contribution is 0.0599. The second kappa shape index (κ2) is 6.67. The van der Waals surface area contributed by atoms with Crippen LogP contribution in [0.25, 0.3) is 0 Å². The number of halogens is 1. The van der Waals surface area contributed by atoms with Gasteiger partial charge in [-0.3, -0.25) is 0 Å². The zero-order valence-corrected chi connectivity index (χ0v) is 13.6. The van der Waals surface area contributed by atoms with Gasteiger partial charge in [0.15, 0.2) is 0 Å². The summed E-state index contributed by atoms with van der Waals surface area (Å²) in [6, 6.07) is 7.36. The molecule has 1 aromatic carbocycles. The Morgan fingerprint density at radius 1 is 1.29 bits per heavy atom. The maximum absolute atomic E-state index is 11.5. The molecule has 21 heavy (non-hydrogen) atoms. The molecule has 0 saturated heterocycles. The van der Waals surface area contributed by atoms with E-state index in [-0.39, 0.29) is 0 Å². The summed E-state index contributed by atoms with van der Waals surface area (Å²) in [5, 5.41) is 3.22. The Morgan fingerprint density at radius 3 is 2.71 bits per heavy atom. The second-order valence-electron chi connectivity index (χ2n) is 4.41. The van der Waals surface area contributed by atoms with Crippen LogP contribution in [0.15, 0.2) is 33.2 Å². The maximum atomic E-state index is 11.5. The average Bonchev–Trinajstić information content (AvgIpc) is 2.84. The van der Waals surface area contributed by atoms with Gasteiger partial charge < -0.3 is 19.2 Å². The van der Waals surface area contributed by atoms with Gasteiger partial charge >= 0.3 is 5.97 Å². The number of anilines is 1. The van der Waals surface area contributed by atoms with Crippen LogP contribution in [0.1, 0.15) is 21.9 Å². The summed E-state index contributed by atoms with van der Waals surface area (Å²) in [5.41, 5.74) is 1.33. The van der Waals surface area contributed by atoms with E-state index in [0.29, 0.717) is 23.6 Å². The van der Waals surface area contributed by atoms with E-state index in [1.165, 1.54) is 7.11 Å². The number of ether oxygens (including phenoxy) is 2. The Labute approximate surface area is 131 Å². The molecule has 0 aliphatic carbocycles. The number of nitrogens with one attached hydrogen (secondary N) is 1. The molecule has 1 heterocycles. The van der Waals surface area contributed by atoms with Gasteiger partial charge in [-0.15, -0.1) is 0 Å². The van der Waals surface area contributed by atoms with Gasteiger partial charge in [0.05, 0.1) is 20.8 Å². The van der Waals surface area contributed by atoms with Crippen molar-refractivity contribution < 1.29 is 18.7 Å². The number of esters is 1. The fraction of sp³-hybridized carbons (Fsp3) is 0.267. The molecule has 0 atom stereocenters. The Kier molecular flexibility index (Phi) is 4.90. The van der Waals surface area contributed by atoms with E-state index in [4.69, 9.17) is 13.9 Å². The Morgan fingerprint density at radius 2 is 2.05 bits per heavy atom. The van der Waals surface area contributed by atoms with Crippen LogP contribution in [0, 0.1) is 6.92 Å². The third-order valence-electron chi connectivity index (χ3n) is 2.95. The van der Waals surface area contributed by atoms with Crippen molar-refractivity contribution in [3.8, 4) is 5.75 Å². The number of carbonyl (C=O) groups is 1. The van der Waals surface area contributed by atoms with E-state index in [9.17, 15) is 4.79 Å². The van der Waals surface area contributed by atoms with Crippen molar-refractivity contribution >= 4 is 27.6 Å². The van der Waals surface area contributed by atoms with Crippen molar-refractivity contribution in [2.24, 2.45) is 0 Å². The summed E-state index contributed by atoms with van der Waals surface area (Å²) in [4.78, 5) is 11.5. The van der Waals surface area contributed by atoms with Crippen LogP contribution in [0.4, 0.5) is 5.69 Å². The number of aryl methyl sites for hydroxylation is 1. The second-order valence-corrected chi connectivity index (χ2v) is 5.32. The standard InChI is InChI=1S/C15H16BrNO4/c1-9-14(15(18)20-3)7-13(21-9)8-17-11-4-10(16)5-12(6-11)19-2/h4-7,17H,8H2,1-3H3. The minimum absolute atomic E-state index is 0.397. The van der Waals surface area contributed by atoms with Crippen molar-refractivity contribution in [2.75, 3.05) is 19.5 Å². The highest BCUT2D eigenvalue weighted by Gasteiger charge is 2.15. The summed E-state index contributed by atoms with van der Waals surface area (Å²) in [6.45, 7) is 2.19. The number of hydrogen-bond donors (Lipinski definition) is 1. The zero-order chi connectivity index (χ0) is 15.4. The van der Waals surface area contributed by atoms with Gasteiger partial charge in [0.25, 0.3) is 0 Å². The van der Waals surface area contributed by atoms with Crippen LogP contribution in [-0.2, 0) is 11.3 Å². The predicted octanol–water partition coefficient (Wildman–Crippen LogP) is 3.76. The molecule has 0 amide bonds. The van der Waals surface area contributed by atoms with Crippen molar-refractivity contribution in [3.63, 3.8) is 0 Å². The maximum Gasteiger partial charge on any atom is 0.341 e. The normalized spacial score (nSPS) is 10.3. The smallest absolute Gasteiger partial charge is 0.341 e. The molecule has 0 radical (unpaired) electrons. The molecular formula is C15H16BrNO4. The van der Waals surface area contributed by atoms with Crippen LogP contribution in [0.5, 0.6) is 5.75 Å². The number of carbonyl (C=O) groups excluding carboxylic acids is 1. The lowest BCUT2D eigenvalue weighted by atomic mass is 10.2. The van der Waals surface area contributed by atoms with Crippen LogP contribution in [0.2, 0.25) is 0 Å². The van der Waals surface area contributed by atoms with Gasteiger partial charge in [0.1, 0.15) is 22.8 Å². The first kappa shape index (κ1) is 15.4. The topological polar surface area (TPSA) is 60.7 Å².